The molecule has 0 atom stereocenters. The maximum Gasteiger partial charge on any atom is 0.315 e. The van der Waals surface area contributed by atoms with Crippen LogP contribution in [-0.4, -0.2) is 65.8 Å². The highest BCUT2D eigenvalue weighted by molar-refractivity contribution is 5.74. The highest BCUT2D eigenvalue weighted by atomic mass is 16.2. The molecule has 0 aliphatic carbocycles. The fourth-order valence-corrected chi connectivity index (χ4v) is 3.04. The molecule has 2 N–H and O–H groups in total. The summed E-state index contributed by atoms with van der Waals surface area (Å²) in [5.74, 6) is 0.493. The molecule has 1 saturated heterocycles. The number of urea groups is 1. The van der Waals surface area contributed by atoms with Gasteiger partial charge in [-0.1, -0.05) is 13.8 Å². The van der Waals surface area contributed by atoms with E-state index in [0.717, 1.165) is 45.6 Å². The number of aromatic nitrogens is 2. The minimum absolute atomic E-state index is 0.0805. The SMILES string of the molecule is CCN(CC)CCNC(=O)NC1CCN(c2nccn(C)c2=O)CC1. The lowest BCUT2D eigenvalue weighted by molar-refractivity contribution is 0.231. The van der Waals surface area contributed by atoms with Crippen molar-refractivity contribution in [2.75, 3.05) is 44.2 Å². The van der Waals surface area contributed by atoms with E-state index in [-0.39, 0.29) is 17.6 Å². The fourth-order valence-electron chi connectivity index (χ4n) is 3.04. The number of nitrogens with zero attached hydrogens (tertiary/aromatic N) is 4. The largest absolute Gasteiger partial charge is 0.352 e. The molecule has 1 fully saturated rings. The molecule has 0 spiro atoms. The van der Waals surface area contributed by atoms with Crippen LogP contribution in [0.2, 0.25) is 0 Å². The van der Waals surface area contributed by atoms with Crippen molar-refractivity contribution in [3.05, 3.63) is 22.7 Å². The summed E-state index contributed by atoms with van der Waals surface area (Å²) in [6, 6.07) is 0.0247. The van der Waals surface area contributed by atoms with Gasteiger partial charge in [0.1, 0.15) is 0 Å². The summed E-state index contributed by atoms with van der Waals surface area (Å²) in [6.45, 7) is 9.17. The first-order valence-corrected chi connectivity index (χ1v) is 9.08. The first kappa shape index (κ1) is 19.2. The number of anilines is 1. The predicted octanol–water partition coefficient (Wildman–Crippen LogP) is 0.390. The maximum atomic E-state index is 12.1. The van der Waals surface area contributed by atoms with Gasteiger partial charge in [0.15, 0.2) is 5.82 Å². The molecule has 8 nitrogen and oxygen atoms in total. The van der Waals surface area contributed by atoms with E-state index < -0.39 is 0 Å². The van der Waals surface area contributed by atoms with E-state index >= 15 is 0 Å². The predicted molar refractivity (Wildman–Crippen MR) is 99.0 cm³/mol. The van der Waals surface area contributed by atoms with E-state index in [4.69, 9.17) is 0 Å². The quantitative estimate of drug-likeness (QED) is 0.743. The van der Waals surface area contributed by atoms with Gasteiger partial charge in [-0.15, -0.1) is 0 Å². The number of hydrogen-bond donors (Lipinski definition) is 2. The normalized spacial score (nSPS) is 15.4. The third-order valence-corrected chi connectivity index (χ3v) is 4.74. The van der Waals surface area contributed by atoms with Gasteiger partial charge in [0, 0.05) is 51.7 Å². The highest BCUT2D eigenvalue weighted by Gasteiger charge is 2.23. The third-order valence-electron chi connectivity index (χ3n) is 4.74. The zero-order valence-corrected chi connectivity index (χ0v) is 15.5. The zero-order chi connectivity index (χ0) is 18.2. The van der Waals surface area contributed by atoms with Crippen LogP contribution < -0.4 is 21.1 Å². The van der Waals surface area contributed by atoms with E-state index in [0.29, 0.717) is 12.4 Å². The minimum atomic E-state index is -0.112. The number of rotatable bonds is 7. The Labute approximate surface area is 149 Å². The van der Waals surface area contributed by atoms with E-state index in [1.807, 2.05) is 4.90 Å². The second-order valence-corrected chi connectivity index (χ2v) is 6.36. The summed E-state index contributed by atoms with van der Waals surface area (Å²) >= 11 is 0. The van der Waals surface area contributed by atoms with Gasteiger partial charge in [0.2, 0.25) is 0 Å². The van der Waals surface area contributed by atoms with Crippen molar-refractivity contribution in [2.24, 2.45) is 7.05 Å². The average molecular weight is 350 g/mol. The van der Waals surface area contributed by atoms with Crippen LogP contribution in [0.25, 0.3) is 0 Å². The van der Waals surface area contributed by atoms with E-state index in [1.165, 1.54) is 4.57 Å². The molecule has 2 amide bonds. The number of carbonyl (C=O) groups is 1. The molecule has 1 aromatic rings. The molecule has 1 aliphatic heterocycles. The van der Waals surface area contributed by atoms with Crippen molar-refractivity contribution in [2.45, 2.75) is 32.7 Å². The molecular formula is C17H30N6O2. The molecule has 8 heteroatoms. The summed E-state index contributed by atoms with van der Waals surface area (Å²) < 4.78 is 1.54. The van der Waals surface area contributed by atoms with Crippen LogP contribution in [0, 0.1) is 0 Å². The van der Waals surface area contributed by atoms with Gasteiger partial charge >= 0.3 is 6.03 Å². The number of piperidine rings is 1. The topological polar surface area (TPSA) is 82.5 Å². The summed E-state index contributed by atoms with van der Waals surface area (Å²) in [5, 5.41) is 5.95. The number of nitrogens with one attached hydrogen (secondary N) is 2. The van der Waals surface area contributed by atoms with Crippen LogP contribution in [0.1, 0.15) is 26.7 Å². The second kappa shape index (κ2) is 9.41. The molecule has 0 aromatic carbocycles. The van der Waals surface area contributed by atoms with Gasteiger partial charge in [-0.05, 0) is 25.9 Å². The van der Waals surface area contributed by atoms with Gasteiger partial charge in [0.05, 0.1) is 0 Å². The van der Waals surface area contributed by atoms with Crippen molar-refractivity contribution in [3.8, 4) is 0 Å². The second-order valence-electron chi connectivity index (χ2n) is 6.36. The zero-order valence-electron chi connectivity index (χ0n) is 15.5. The Morgan fingerprint density at radius 2 is 2.00 bits per heavy atom. The first-order chi connectivity index (χ1) is 12.0. The van der Waals surface area contributed by atoms with E-state index in [1.54, 1.807) is 19.4 Å². The number of aryl methyl sites for hydroxylation is 1. The maximum absolute atomic E-state index is 12.1. The van der Waals surface area contributed by atoms with Gasteiger partial charge in [-0.25, -0.2) is 9.78 Å². The summed E-state index contributed by atoms with van der Waals surface area (Å²) in [5.41, 5.74) is -0.0805. The molecule has 0 bridgehead atoms. The van der Waals surface area contributed by atoms with Crippen LogP contribution in [0.3, 0.4) is 0 Å². The molecule has 2 rings (SSSR count). The highest BCUT2D eigenvalue weighted by Crippen LogP contribution is 2.14. The first-order valence-electron chi connectivity index (χ1n) is 9.08. The minimum Gasteiger partial charge on any atom is -0.352 e. The van der Waals surface area contributed by atoms with Crippen molar-refractivity contribution < 1.29 is 4.79 Å². The van der Waals surface area contributed by atoms with Crippen LogP contribution in [0.15, 0.2) is 17.2 Å². The van der Waals surface area contributed by atoms with Gasteiger partial charge < -0.3 is 25.0 Å². The molecule has 1 aliphatic rings. The van der Waals surface area contributed by atoms with Crippen LogP contribution in [0.5, 0.6) is 0 Å². The molecule has 0 unspecified atom stereocenters. The average Bonchev–Trinajstić information content (AvgIpc) is 2.62. The van der Waals surface area contributed by atoms with Crippen LogP contribution in [0.4, 0.5) is 10.6 Å². The molecule has 0 radical (unpaired) electrons. The smallest absolute Gasteiger partial charge is 0.315 e. The fraction of sp³-hybridized carbons (Fsp3) is 0.706. The lowest BCUT2D eigenvalue weighted by Crippen LogP contribution is -2.49. The van der Waals surface area contributed by atoms with Gasteiger partial charge in [-0.2, -0.15) is 0 Å². The van der Waals surface area contributed by atoms with Crippen molar-refractivity contribution >= 4 is 11.8 Å². The molecular weight excluding hydrogens is 320 g/mol. The van der Waals surface area contributed by atoms with Gasteiger partial charge in [0.25, 0.3) is 5.56 Å². The standard InChI is InChI=1S/C17H30N6O2/c1-4-22(5-2)13-9-19-17(25)20-14-6-10-23(11-7-14)15-16(24)21(3)12-8-18-15/h8,12,14H,4-7,9-11,13H2,1-3H3,(H2,19,20,25). The molecule has 1 aromatic heterocycles. The summed E-state index contributed by atoms with van der Waals surface area (Å²) in [6.07, 6.45) is 4.92. The Bertz CT molecular complexity index is 605. The van der Waals surface area contributed by atoms with Gasteiger partial charge in [-0.3, -0.25) is 4.79 Å². The summed E-state index contributed by atoms with van der Waals surface area (Å²) in [7, 11) is 1.73. The number of carbonyl (C=O) groups excluding carboxylic acids is 1. The Kier molecular flexibility index (Phi) is 7.24. The monoisotopic (exact) mass is 350 g/mol. The number of amides is 2. The summed E-state index contributed by atoms with van der Waals surface area (Å²) in [4.78, 5) is 32.6. The molecule has 25 heavy (non-hydrogen) atoms. The van der Waals surface area contributed by atoms with Crippen molar-refractivity contribution in [1.82, 2.24) is 25.1 Å². The lowest BCUT2D eigenvalue weighted by Gasteiger charge is -2.32. The molecule has 140 valence electrons. The Morgan fingerprint density at radius 1 is 1.32 bits per heavy atom. The lowest BCUT2D eigenvalue weighted by atomic mass is 10.1. The molecule has 0 saturated carbocycles. The number of likely N-dealkylation sites (N-methyl/N-ethyl adjacent to an activating group) is 1. The Balaban J connectivity index is 1.74. The van der Waals surface area contributed by atoms with E-state index in [9.17, 15) is 9.59 Å². The van der Waals surface area contributed by atoms with Crippen molar-refractivity contribution in [3.63, 3.8) is 0 Å². The third kappa shape index (κ3) is 5.45. The Morgan fingerprint density at radius 3 is 2.64 bits per heavy atom. The van der Waals surface area contributed by atoms with Crippen LogP contribution >= 0.6 is 0 Å². The Hall–Kier alpha value is -2.09. The molecule has 2 heterocycles. The van der Waals surface area contributed by atoms with Crippen LogP contribution in [-0.2, 0) is 7.05 Å². The number of hydrogen-bond acceptors (Lipinski definition) is 5. The van der Waals surface area contributed by atoms with Crippen molar-refractivity contribution in [1.29, 1.82) is 0 Å². The van der Waals surface area contributed by atoms with E-state index in [2.05, 4.69) is 34.4 Å².